The van der Waals surface area contributed by atoms with Crippen LogP contribution in [0.4, 0.5) is 0 Å². The molecule has 0 saturated heterocycles. The maximum Gasteiger partial charge on any atom is -0.0323 e. The zero-order chi connectivity index (χ0) is 4.43. The van der Waals surface area contributed by atoms with Crippen molar-refractivity contribution >= 4 is 0 Å². The Morgan fingerprint density at radius 2 is 2.00 bits per heavy atom. The molecule has 3 aliphatic carbocycles. The van der Waals surface area contributed by atoms with Crippen molar-refractivity contribution in [1.82, 2.24) is 0 Å². The molecule has 0 heterocycles. The largest absolute Gasteiger partial charge is 0.0499 e. The highest BCUT2D eigenvalue weighted by Gasteiger charge is 2.65. The fraction of sp³-hybridized carbons (Fsp3) is 1.00. The number of fused-ring (bicyclic) bond motifs is 1. The first-order valence-electron chi connectivity index (χ1n) is 3.47. The van der Waals surface area contributed by atoms with Crippen LogP contribution in [0.1, 0.15) is 19.3 Å². The van der Waals surface area contributed by atoms with Gasteiger partial charge in [0.25, 0.3) is 0 Å². The summed E-state index contributed by atoms with van der Waals surface area (Å²) in [6, 6.07) is 0. The van der Waals surface area contributed by atoms with Crippen LogP contribution in [-0.4, -0.2) is 0 Å². The average molecular weight is 94.2 g/mol. The summed E-state index contributed by atoms with van der Waals surface area (Å²) in [6.45, 7) is 0. The maximum atomic E-state index is 1.62. The number of rotatable bonds is 0. The summed E-state index contributed by atoms with van der Waals surface area (Å²) in [7, 11) is 0. The van der Waals surface area contributed by atoms with Crippen molar-refractivity contribution in [3.8, 4) is 0 Å². The van der Waals surface area contributed by atoms with Gasteiger partial charge in [0.2, 0.25) is 0 Å². The Labute approximate surface area is 43.9 Å². The monoisotopic (exact) mass is 94.1 g/mol. The van der Waals surface area contributed by atoms with Crippen LogP contribution < -0.4 is 0 Å². The summed E-state index contributed by atoms with van der Waals surface area (Å²) < 4.78 is 0. The molecule has 0 aromatic heterocycles. The molecule has 0 N–H and O–H groups in total. The van der Waals surface area contributed by atoms with Crippen LogP contribution in [0.15, 0.2) is 0 Å². The van der Waals surface area contributed by atoms with Crippen molar-refractivity contribution in [2.24, 2.45) is 23.7 Å². The zero-order valence-corrected chi connectivity index (χ0v) is 4.43. The van der Waals surface area contributed by atoms with E-state index in [0.29, 0.717) is 0 Å². The van der Waals surface area contributed by atoms with Crippen molar-refractivity contribution < 1.29 is 0 Å². The van der Waals surface area contributed by atoms with Crippen LogP contribution in [0.2, 0.25) is 0 Å². The molecule has 0 aromatic carbocycles. The van der Waals surface area contributed by atoms with Gasteiger partial charge in [-0.2, -0.15) is 0 Å². The van der Waals surface area contributed by atoms with Crippen LogP contribution in [0.5, 0.6) is 0 Å². The average Bonchev–Trinajstić information content (AvgIpc) is 2.02. The standard InChI is InChI=1S/C7H10/c1-2-5-6-3-4(1)7(5)6/h4-7H,1-3H2/t4-,5-,6+,7-/m0/s1. The fourth-order valence-corrected chi connectivity index (χ4v) is 2.94. The SMILES string of the molecule is C1C[C@H]2[C@H]3C[C@H]1[C@H]32. The number of hydrogen-bond donors (Lipinski definition) is 0. The van der Waals surface area contributed by atoms with E-state index in [2.05, 4.69) is 0 Å². The van der Waals surface area contributed by atoms with Crippen LogP contribution in [-0.2, 0) is 0 Å². The molecule has 0 aromatic rings. The maximum absolute atomic E-state index is 1.62. The van der Waals surface area contributed by atoms with Crippen LogP contribution >= 0.6 is 0 Å². The van der Waals surface area contributed by atoms with Crippen molar-refractivity contribution in [3.63, 3.8) is 0 Å². The normalized spacial score (nSPS) is 72.0. The smallest absolute Gasteiger partial charge is 0.0323 e. The molecule has 0 bridgehead atoms. The van der Waals surface area contributed by atoms with Gasteiger partial charge >= 0.3 is 0 Å². The molecular formula is C7H10. The molecule has 7 heavy (non-hydrogen) atoms. The third kappa shape index (κ3) is 0.181. The van der Waals surface area contributed by atoms with Gasteiger partial charge in [-0.25, -0.2) is 0 Å². The van der Waals surface area contributed by atoms with Crippen molar-refractivity contribution in [1.29, 1.82) is 0 Å². The molecule has 0 spiro atoms. The summed E-state index contributed by atoms with van der Waals surface area (Å²) in [5.74, 6) is 5.03. The van der Waals surface area contributed by atoms with Crippen LogP contribution in [0.25, 0.3) is 0 Å². The van der Waals surface area contributed by atoms with Gasteiger partial charge in [-0.3, -0.25) is 0 Å². The predicted octanol–water partition coefficient (Wildman–Crippen LogP) is 1.66. The molecule has 0 aliphatic heterocycles. The lowest BCUT2D eigenvalue weighted by Gasteiger charge is -2.23. The first-order valence-corrected chi connectivity index (χ1v) is 3.47. The lowest BCUT2D eigenvalue weighted by molar-refractivity contribution is 0.270. The van der Waals surface area contributed by atoms with Gasteiger partial charge in [0, 0.05) is 0 Å². The van der Waals surface area contributed by atoms with E-state index in [1.807, 2.05) is 0 Å². The highest BCUT2D eigenvalue weighted by atomic mass is 14.7. The molecule has 38 valence electrons. The second kappa shape index (κ2) is 0.667. The molecule has 3 rings (SSSR count). The first kappa shape index (κ1) is 3.11. The number of hydrogen-bond acceptors (Lipinski definition) is 0. The Kier molecular flexibility index (Phi) is 0.296. The van der Waals surface area contributed by atoms with Crippen LogP contribution in [0.3, 0.4) is 0 Å². The van der Waals surface area contributed by atoms with E-state index < -0.39 is 0 Å². The summed E-state index contributed by atoms with van der Waals surface area (Å²) in [5, 5.41) is 0. The van der Waals surface area contributed by atoms with E-state index in [0.717, 1.165) is 0 Å². The van der Waals surface area contributed by atoms with E-state index in [1.165, 1.54) is 23.7 Å². The Morgan fingerprint density at radius 3 is 2.14 bits per heavy atom. The summed E-state index contributed by atoms with van der Waals surface area (Å²) >= 11 is 0. The van der Waals surface area contributed by atoms with E-state index in [-0.39, 0.29) is 0 Å². The van der Waals surface area contributed by atoms with Gasteiger partial charge in [-0.15, -0.1) is 0 Å². The second-order valence-electron chi connectivity index (χ2n) is 3.48. The first-order chi connectivity index (χ1) is 3.47. The summed E-state index contributed by atoms with van der Waals surface area (Å²) in [4.78, 5) is 0. The minimum atomic E-state index is 1.23. The molecule has 0 nitrogen and oxygen atoms in total. The molecule has 0 heteroatoms. The van der Waals surface area contributed by atoms with Crippen molar-refractivity contribution in [3.05, 3.63) is 0 Å². The lowest BCUT2D eigenvalue weighted by Crippen LogP contribution is -2.14. The van der Waals surface area contributed by atoms with Gasteiger partial charge in [-0.1, -0.05) is 0 Å². The predicted molar refractivity (Wildman–Crippen MR) is 27.8 cm³/mol. The summed E-state index contributed by atoms with van der Waals surface area (Å²) in [5.41, 5.74) is 0. The highest BCUT2D eigenvalue weighted by molar-refractivity contribution is 5.14. The Balaban J connectivity index is 2.07. The van der Waals surface area contributed by atoms with Gasteiger partial charge in [0.05, 0.1) is 0 Å². The second-order valence-corrected chi connectivity index (χ2v) is 3.48. The van der Waals surface area contributed by atoms with Gasteiger partial charge < -0.3 is 0 Å². The third-order valence-corrected chi connectivity index (χ3v) is 3.39. The molecule has 0 radical (unpaired) electrons. The van der Waals surface area contributed by atoms with Gasteiger partial charge in [0.15, 0.2) is 0 Å². The lowest BCUT2D eigenvalue weighted by atomic mass is 9.82. The minimum Gasteiger partial charge on any atom is -0.0499 e. The topological polar surface area (TPSA) is 0 Å². The van der Waals surface area contributed by atoms with Crippen LogP contribution in [0, 0.1) is 23.7 Å². The molecule has 3 fully saturated rings. The van der Waals surface area contributed by atoms with Gasteiger partial charge in [0.1, 0.15) is 0 Å². The Bertz CT molecular complexity index is 104. The van der Waals surface area contributed by atoms with E-state index in [1.54, 1.807) is 19.3 Å². The summed E-state index contributed by atoms with van der Waals surface area (Å²) in [6.07, 6.45) is 4.81. The Morgan fingerprint density at radius 1 is 1.00 bits per heavy atom. The third-order valence-electron chi connectivity index (χ3n) is 3.39. The van der Waals surface area contributed by atoms with Crippen molar-refractivity contribution in [2.45, 2.75) is 19.3 Å². The zero-order valence-electron chi connectivity index (χ0n) is 4.43. The molecule has 0 unspecified atom stereocenters. The van der Waals surface area contributed by atoms with Gasteiger partial charge in [-0.05, 0) is 42.9 Å². The molecule has 0 amide bonds. The molecule has 3 aliphatic rings. The van der Waals surface area contributed by atoms with E-state index in [9.17, 15) is 0 Å². The quantitative estimate of drug-likeness (QED) is 0.428. The molecule has 4 atom stereocenters. The molecular weight excluding hydrogens is 84.1 g/mol. The van der Waals surface area contributed by atoms with E-state index >= 15 is 0 Å². The highest BCUT2D eigenvalue weighted by Crippen LogP contribution is 2.72. The van der Waals surface area contributed by atoms with Crippen molar-refractivity contribution in [2.75, 3.05) is 0 Å². The van der Waals surface area contributed by atoms with E-state index in [4.69, 9.17) is 0 Å². The minimum absolute atomic E-state index is 1.23. The molecule has 3 saturated carbocycles. The fourth-order valence-electron chi connectivity index (χ4n) is 2.94. The Hall–Kier alpha value is 0.